The van der Waals surface area contributed by atoms with Gasteiger partial charge in [-0.1, -0.05) is 78.9 Å². The van der Waals surface area contributed by atoms with Crippen molar-refractivity contribution in [2.45, 2.75) is 20.5 Å². The average Bonchev–Trinajstić information content (AvgIpc) is 3.72. The number of anilines is 1. The van der Waals surface area contributed by atoms with Gasteiger partial charge < -0.3 is 5.73 Å². The molecule has 0 spiro atoms. The zero-order chi connectivity index (χ0) is 21.2. The van der Waals surface area contributed by atoms with Crippen LogP contribution in [-0.4, -0.2) is 27.3 Å². The highest BCUT2D eigenvalue weighted by molar-refractivity contribution is 8.13. The van der Waals surface area contributed by atoms with E-state index in [0.29, 0.717) is 43.7 Å². The standard InChI is InChI=1S/C26H19NO2S2/c27-21-18(26-14-13-19-24(30-19)25(26)31-26)12-11-17(22(28)15-7-3-1-4-8-15)20(21)23(29)16-9-5-2-6-10-16/h1-14,19,24-25H,27H2. The Bertz CT molecular complexity index is 1260. The quantitative estimate of drug-likeness (QED) is 0.258. The predicted molar refractivity (Wildman–Crippen MR) is 128 cm³/mol. The molecule has 0 bridgehead atoms. The summed E-state index contributed by atoms with van der Waals surface area (Å²) in [4.78, 5) is 26.9. The molecule has 31 heavy (non-hydrogen) atoms. The van der Waals surface area contributed by atoms with E-state index in [4.69, 9.17) is 5.73 Å². The van der Waals surface area contributed by atoms with Crippen LogP contribution in [0.15, 0.2) is 84.9 Å². The van der Waals surface area contributed by atoms with Gasteiger partial charge in [-0.3, -0.25) is 9.59 Å². The van der Waals surface area contributed by atoms with E-state index in [2.05, 4.69) is 12.2 Å². The zero-order valence-electron chi connectivity index (χ0n) is 16.5. The first-order valence-corrected chi connectivity index (χ1v) is 12.1. The van der Waals surface area contributed by atoms with E-state index >= 15 is 0 Å². The van der Waals surface area contributed by atoms with Crippen LogP contribution in [0.2, 0.25) is 0 Å². The maximum absolute atomic E-state index is 13.6. The molecule has 0 aromatic heterocycles. The summed E-state index contributed by atoms with van der Waals surface area (Å²) in [7, 11) is 0. The smallest absolute Gasteiger partial charge is 0.195 e. The molecule has 3 aliphatic rings. The lowest BCUT2D eigenvalue weighted by Crippen LogP contribution is -2.22. The van der Waals surface area contributed by atoms with Crippen LogP contribution in [0.3, 0.4) is 0 Å². The SMILES string of the molecule is Nc1c(C23C=CC4SC4C2S3)ccc(C(=O)c2ccccc2)c1C(=O)c1ccccc1. The number of nitrogen functional groups attached to an aromatic ring is 1. The number of thioether (sulfide) groups is 2. The Morgan fingerprint density at radius 3 is 2.16 bits per heavy atom. The molecule has 2 aliphatic heterocycles. The van der Waals surface area contributed by atoms with Gasteiger partial charge in [-0.05, 0) is 11.6 Å². The molecule has 0 radical (unpaired) electrons. The van der Waals surface area contributed by atoms with Gasteiger partial charge in [-0.15, -0.1) is 23.5 Å². The Kier molecular flexibility index (Phi) is 4.20. The number of fused-ring (bicyclic) bond motifs is 3. The van der Waals surface area contributed by atoms with Gasteiger partial charge in [-0.25, -0.2) is 0 Å². The molecular weight excluding hydrogens is 422 g/mol. The van der Waals surface area contributed by atoms with Gasteiger partial charge in [-0.2, -0.15) is 0 Å². The molecule has 2 heterocycles. The van der Waals surface area contributed by atoms with Gasteiger partial charge in [0, 0.05) is 38.1 Å². The fraction of sp³-hybridized carbons (Fsp3) is 0.154. The number of carbonyl (C=O) groups is 2. The van der Waals surface area contributed by atoms with Crippen LogP contribution in [0.4, 0.5) is 5.69 Å². The van der Waals surface area contributed by atoms with Crippen molar-refractivity contribution in [3.05, 3.63) is 113 Å². The Morgan fingerprint density at radius 1 is 0.839 bits per heavy atom. The van der Waals surface area contributed by atoms with E-state index in [9.17, 15) is 9.59 Å². The maximum atomic E-state index is 13.6. The minimum atomic E-state index is -0.212. The second-order valence-electron chi connectivity index (χ2n) is 8.10. The summed E-state index contributed by atoms with van der Waals surface area (Å²) < 4.78 is -0.172. The molecule has 4 unspecified atom stereocenters. The lowest BCUT2D eigenvalue weighted by atomic mass is 9.83. The first-order chi connectivity index (χ1) is 15.1. The van der Waals surface area contributed by atoms with Gasteiger partial charge in [0.05, 0.1) is 10.3 Å². The second-order valence-corrected chi connectivity index (χ2v) is 10.9. The third-order valence-corrected chi connectivity index (χ3v) is 9.46. The summed E-state index contributed by atoms with van der Waals surface area (Å²) in [6, 6.07) is 21.9. The monoisotopic (exact) mass is 441 g/mol. The highest BCUT2D eigenvalue weighted by Gasteiger charge is 2.67. The van der Waals surface area contributed by atoms with Crippen LogP contribution < -0.4 is 5.73 Å². The van der Waals surface area contributed by atoms with E-state index < -0.39 is 0 Å². The fourth-order valence-corrected chi connectivity index (χ4v) is 7.63. The number of nitrogens with two attached hydrogens (primary N) is 1. The fourth-order valence-electron chi connectivity index (χ4n) is 4.57. The van der Waals surface area contributed by atoms with Crippen LogP contribution in [0.5, 0.6) is 0 Å². The van der Waals surface area contributed by atoms with Gasteiger partial charge in [0.25, 0.3) is 0 Å². The van der Waals surface area contributed by atoms with Crippen molar-refractivity contribution in [2.75, 3.05) is 5.73 Å². The Hall–Kier alpha value is -2.76. The van der Waals surface area contributed by atoms with Crippen LogP contribution in [0.1, 0.15) is 37.4 Å². The number of hydrogen-bond acceptors (Lipinski definition) is 5. The molecule has 2 N–H and O–H groups in total. The Balaban J connectivity index is 1.52. The second kappa shape index (κ2) is 6.87. The van der Waals surface area contributed by atoms with Crippen molar-refractivity contribution in [3.63, 3.8) is 0 Å². The summed E-state index contributed by atoms with van der Waals surface area (Å²) in [6.07, 6.45) is 4.53. The van der Waals surface area contributed by atoms with Gasteiger partial charge >= 0.3 is 0 Å². The van der Waals surface area contributed by atoms with E-state index in [1.165, 1.54) is 0 Å². The summed E-state index contributed by atoms with van der Waals surface area (Å²) >= 11 is 3.90. The molecule has 3 nitrogen and oxygen atoms in total. The molecule has 0 saturated carbocycles. The lowest BCUT2D eigenvalue weighted by molar-refractivity contribution is 0.100. The number of benzene rings is 3. The minimum absolute atomic E-state index is 0.172. The van der Waals surface area contributed by atoms with Crippen LogP contribution >= 0.6 is 23.5 Å². The zero-order valence-corrected chi connectivity index (χ0v) is 18.2. The van der Waals surface area contributed by atoms with Crippen molar-refractivity contribution >= 4 is 40.8 Å². The number of hydrogen-bond donors (Lipinski definition) is 1. The van der Waals surface area contributed by atoms with Crippen LogP contribution in [-0.2, 0) is 4.75 Å². The molecule has 0 amide bonds. The van der Waals surface area contributed by atoms with E-state index in [1.807, 2.05) is 66.0 Å². The molecule has 2 saturated heterocycles. The predicted octanol–water partition coefficient (Wildman–Crippen LogP) is 5.10. The topological polar surface area (TPSA) is 60.2 Å². The summed E-state index contributed by atoms with van der Waals surface area (Å²) in [5.41, 5.74) is 9.85. The summed E-state index contributed by atoms with van der Waals surface area (Å²) in [5, 5.41) is 1.75. The summed E-state index contributed by atoms with van der Waals surface area (Å²) in [6.45, 7) is 0. The Morgan fingerprint density at radius 2 is 1.48 bits per heavy atom. The normalized spacial score (nSPS) is 27.2. The first-order valence-electron chi connectivity index (χ1n) is 10.3. The van der Waals surface area contributed by atoms with Gasteiger partial charge in [0.15, 0.2) is 11.6 Å². The molecular formula is C26H19NO2S2. The van der Waals surface area contributed by atoms with E-state index in [0.717, 1.165) is 5.56 Å². The van der Waals surface area contributed by atoms with Crippen molar-refractivity contribution in [1.82, 2.24) is 0 Å². The molecule has 6 rings (SSSR count). The van der Waals surface area contributed by atoms with Crippen molar-refractivity contribution in [3.8, 4) is 0 Å². The van der Waals surface area contributed by atoms with E-state index in [-0.39, 0.29) is 16.3 Å². The van der Waals surface area contributed by atoms with Crippen molar-refractivity contribution < 1.29 is 9.59 Å². The largest absolute Gasteiger partial charge is 0.398 e. The average molecular weight is 442 g/mol. The van der Waals surface area contributed by atoms with Crippen LogP contribution in [0, 0.1) is 0 Å². The molecule has 1 aliphatic carbocycles. The number of ketones is 2. The highest BCUT2D eigenvalue weighted by Crippen LogP contribution is 2.74. The third kappa shape index (κ3) is 2.91. The maximum Gasteiger partial charge on any atom is 0.195 e. The number of carbonyl (C=O) groups excluding carboxylic acids is 2. The summed E-state index contributed by atoms with van der Waals surface area (Å²) in [5.74, 6) is -0.399. The highest BCUT2D eigenvalue weighted by atomic mass is 32.2. The van der Waals surface area contributed by atoms with Gasteiger partial charge in [0.2, 0.25) is 0 Å². The van der Waals surface area contributed by atoms with Crippen molar-refractivity contribution in [1.29, 1.82) is 0 Å². The molecule has 3 aromatic carbocycles. The van der Waals surface area contributed by atoms with Crippen molar-refractivity contribution in [2.24, 2.45) is 0 Å². The number of rotatable bonds is 5. The lowest BCUT2D eigenvalue weighted by Gasteiger charge is -2.20. The van der Waals surface area contributed by atoms with Gasteiger partial charge in [0.1, 0.15) is 0 Å². The van der Waals surface area contributed by atoms with Crippen LogP contribution in [0.25, 0.3) is 0 Å². The molecule has 3 aromatic rings. The molecule has 152 valence electrons. The van der Waals surface area contributed by atoms with E-state index in [1.54, 1.807) is 30.3 Å². The first kappa shape index (κ1) is 19.0. The Labute approximate surface area is 189 Å². The molecule has 4 atom stereocenters. The molecule has 5 heteroatoms. The third-order valence-electron chi connectivity index (χ3n) is 6.29. The minimum Gasteiger partial charge on any atom is -0.398 e. The molecule has 2 fully saturated rings.